The van der Waals surface area contributed by atoms with Gasteiger partial charge in [-0.05, 0) is 24.1 Å². The summed E-state index contributed by atoms with van der Waals surface area (Å²) in [6.07, 6.45) is 6.62. The molecule has 0 bridgehead atoms. The van der Waals surface area contributed by atoms with Crippen LogP contribution in [0.4, 0.5) is 0 Å². The summed E-state index contributed by atoms with van der Waals surface area (Å²) in [6.45, 7) is 0.578. The number of aryl methyl sites for hydroxylation is 1. The largest absolute Gasteiger partial charge is 0.345 e. The van der Waals surface area contributed by atoms with Crippen LogP contribution in [0.15, 0.2) is 78.4 Å². The molecule has 0 saturated carbocycles. The van der Waals surface area contributed by atoms with E-state index in [0.717, 1.165) is 5.56 Å². The van der Waals surface area contributed by atoms with Crippen molar-refractivity contribution in [1.29, 1.82) is 0 Å². The van der Waals surface area contributed by atoms with Gasteiger partial charge in [-0.2, -0.15) is 5.10 Å². The molecule has 1 atom stereocenters. The van der Waals surface area contributed by atoms with Crippen molar-refractivity contribution in [3.05, 3.63) is 95.1 Å². The molecule has 4 aromatic rings. The Hall–Kier alpha value is -3.81. The first-order chi connectivity index (χ1) is 13.7. The van der Waals surface area contributed by atoms with E-state index in [1.54, 1.807) is 35.4 Å². The zero-order valence-electron chi connectivity index (χ0n) is 15.0. The van der Waals surface area contributed by atoms with E-state index in [9.17, 15) is 9.59 Å². The van der Waals surface area contributed by atoms with E-state index in [1.807, 2.05) is 30.3 Å². The first kappa shape index (κ1) is 17.6. The zero-order valence-corrected chi connectivity index (χ0v) is 15.0. The van der Waals surface area contributed by atoms with Gasteiger partial charge < -0.3 is 5.32 Å². The van der Waals surface area contributed by atoms with Crippen LogP contribution < -0.4 is 10.9 Å². The van der Waals surface area contributed by atoms with E-state index < -0.39 is 11.5 Å². The highest BCUT2D eigenvalue weighted by Gasteiger charge is 2.19. The van der Waals surface area contributed by atoms with Crippen LogP contribution in [-0.4, -0.2) is 30.1 Å². The Morgan fingerprint density at radius 3 is 2.71 bits per heavy atom. The van der Waals surface area contributed by atoms with E-state index in [-0.39, 0.29) is 11.6 Å². The lowest BCUT2D eigenvalue weighted by Gasteiger charge is -2.19. The second-order valence-corrected chi connectivity index (χ2v) is 6.29. The van der Waals surface area contributed by atoms with E-state index in [1.165, 1.54) is 16.9 Å². The number of aromatic nitrogens is 5. The molecule has 0 spiro atoms. The monoisotopic (exact) mass is 374 g/mol. The number of benzene rings is 1. The number of pyridine rings is 1. The first-order valence-corrected chi connectivity index (χ1v) is 8.87. The smallest absolute Gasteiger partial charge is 0.270 e. The third-order valence-corrected chi connectivity index (χ3v) is 4.48. The quantitative estimate of drug-likeness (QED) is 0.556. The number of nitrogens with zero attached hydrogens (tertiary/aromatic N) is 5. The Bertz CT molecular complexity index is 1140. The Kier molecular flexibility index (Phi) is 4.92. The van der Waals surface area contributed by atoms with Crippen LogP contribution in [0.3, 0.4) is 0 Å². The standard InChI is InChI=1S/C20H18N6O2/c27-19(16-12-22-18-8-4-5-10-26(18)20(16)28)24-17(15-6-2-1-3-7-15)9-11-25-14-21-13-23-25/h1-8,10,12-14,17H,9,11H2,(H,24,27). The van der Waals surface area contributed by atoms with Crippen molar-refractivity contribution in [2.24, 2.45) is 0 Å². The number of hydrogen-bond donors (Lipinski definition) is 1. The second-order valence-electron chi connectivity index (χ2n) is 6.29. The lowest BCUT2D eigenvalue weighted by atomic mass is 10.0. The summed E-state index contributed by atoms with van der Waals surface area (Å²) in [6, 6.07) is 14.6. The molecule has 140 valence electrons. The Balaban J connectivity index is 1.60. The van der Waals surface area contributed by atoms with Crippen LogP contribution in [0.2, 0.25) is 0 Å². The number of amides is 1. The number of carbonyl (C=O) groups excluding carboxylic acids is 1. The minimum Gasteiger partial charge on any atom is -0.345 e. The highest BCUT2D eigenvalue weighted by Crippen LogP contribution is 2.18. The van der Waals surface area contributed by atoms with Gasteiger partial charge in [0.25, 0.3) is 11.5 Å². The van der Waals surface area contributed by atoms with Gasteiger partial charge in [0.1, 0.15) is 23.9 Å². The van der Waals surface area contributed by atoms with E-state index >= 15 is 0 Å². The molecule has 0 aliphatic carbocycles. The van der Waals surface area contributed by atoms with Gasteiger partial charge in [0.15, 0.2) is 0 Å². The van der Waals surface area contributed by atoms with Crippen molar-refractivity contribution in [2.75, 3.05) is 0 Å². The maximum atomic E-state index is 12.9. The summed E-state index contributed by atoms with van der Waals surface area (Å²) in [5.41, 5.74) is 1.05. The van der Waals surface area contributed by atoms with Crippen LogP contribution in [0.25, 0.3) is 5.65 Å². The number of rotatable bonds is 6. The van der Waals surface area contributed by atoms with Gasteiger partial charge >= 0.3 is 0 Å². The Morgan fingerprint density at radius 1 is 1.11 bits per heavy atom. The molecule has 0 aliphatic rings. The van der Waals surface area contributed by atoms with Crippen LogP contribution in [0.5, 0.6) is 0 Å². The van der Waals surface area contributed by atoms with Crippen molar-refractivity contribution < 1.29 is 4.79 Å². The van der Waals surface area contributed by atoms with Crippen molar-refractivity contribution >= 4 is 11.6 Å². The van der Waals surface area contributed by atoms with Crippen LogP contribution in [0.1, 0.15) is 28.4 Å². The van der Waals surface area contributed by atoms with Gasteiger partial charge in [-0.3, -0.25) is 18.7 Å². The summed E-state index contributed by atoms with van der Waals surface area (Å²) in [4.78, 5) is 33.7. The maximum Gasteiger partial charge on any atom is 0.270 e. The normalized spacial score (nSPS) is 12.0. The van der Waals surface area contributed by atoms with E-state index in [2.05, 4.69) is 20.4 Å². The topological polar surface area (TPSA) is 94.2 Å². The molecule has 3 aromatic heterocycles. The molecule has 1 amide bonds. The molecule has 28 heavy (non-hydrogen) atoms. The summed E-state index contributed by atoms with van der Waals surface area (Å²) >= 11 is 0. The molecule has 0 saturated heterocycles. The predicted molar refractivity (Wildman–Crippen MR) is 103 cm³/mol. The van der Waals surface area contributed by atoms with Crippen molar-refractivity contribution in [3.63, 3.8) is 0 Å². The van der Waals surface area contributed by atoms with Gasteiger partial charge in [0, 0.05) is 18.9 Å². The SMILES string of the molecule is O=C(NC(CCn1cncn1)c1ccccc1)c1cnc2ccccn2c1=O. The second kappa shape index (κ2) is 7.83. The Labute approximate surface area is 160 Å². The molecule has 1 aromatic carbocycles. The molecule has 0 fully saturated rings. The third kappa shape index (κ3) is 3.66. The average molecular weight is 374 g/mol. The van der Waals surface area contributed by atoms with Gasteiger partial charge in [-0.25, -0.2) is 9.97 Å². The fourth-order valence-electron chi connectivity index (χ4n) is 3.04. The lowest BCUT2D eigenvalue weighted by molar-refractivity contribution is 0.0931. The van der Waals surface area contributed by atoms with Crippen molar-refractivity contribution in [1.82, 2.24) is 29.5 Å². The zero-order chi connectivity index (χ0) is 19.3. The predicted octanol–water partition coefficient (Wildman–Crippen LogP) is 1.85. The van der Waals surface area contributed by atoms with E-state index in [0.29, 0.717) is 18.6 Å². The molecule has 1 unspecified atom stereocenters. The first-order valence-electron chi connectivity index (χ1n) is 8.87. The Morgan fingerprint density at radius 2 is 1.93 bits per heavy atom. The molecule has 8 heteroatoms. The van der Waals surface area contributed by atoms with Gasteiger partial charge in [0.2, 0.25) is 0 Å². The highest BCUT2D eigenvalue weighted by atomic mass is 16.2. The number of fused-ring (bicyclic) bond motifs is 1. The summed E-state index contributed by atoms with van der Waals surface area (Å²) < 4.78 is 3.07. The molecule has 8 nitrogen and oxygen atoms in total. The van der Waals surface area contributed by atoms with Crippen LogP contribution >= 0.6 is 0 Å². The molecule has 0 aliphatic heterocycles. The lowest BCUT2D eigenvalue weighted by Crippen LogP contribution is -2.34. The molecular formula is C20H18N6O2. The molecule has 1 N–H and O–H groups in total. The summed E-state index contributed by atoms with van der Waals surface area (Å²) in [5, 5.41) is 7.06. The molecule has 3 heterocycles. The fraction of sp³-hybridized carbons (Fsp3) is 0.150. The molecule has 0 radical (unpaired) electrons. The van der Waals surface area contributed by atoms with Crippen molar-refractivity contribution in [3.8, 4) is 0 Å². The summed E-state index contributed by atoms with van der Waals surface area (Å²) in [5.74, 6) is -0.455. The van der Waals surface area contributed by atoms with E-state index in [4.69, 9.17) is 0 Å². The third-order valence-electron chi connectivity index (χ3n) is 4.48. The highest BCUT2D eigenvalue weighted by molar-refractivity contribution is 5.94. The maximum absolute atomic E-state index is 12.9. The number of carbonyl (C=O) groups is 1. The van der Waals surface area contributed by atoms with Crippen molar-refractivity contribution in [2.45, 2.75) is 19.0 Å². The van der Waals surface area contributed by atoms with Crippen LogP contribution in [0, 0.1) is 0 Å². The van der Waals surface area contributed by atoms with Gasteiger partial charge in [-0.15, -0.1) is 0 Å². The summed E-state index contributed by atoms with van der Waals surface area (Å²) in [7, 11) is 0. The molecule has 4 rings (SSSR count). The minimum absolute atomic E-state index is 0.00499. The minimum atomic E-state index is -0.455. The van der Waals surface area contributed by atoms with Gasteiger partial charge in [-0.1, -0.05) is 36.4 Å². The van der Waals surface area contributed by atoms with Crippen LogP contribution in [-0.2, 0) is 6.54 Å². The molecular weight excluding hydrogens is 356 g/mol. The number of nitrogens with one attached hydrogen (secondary N) is 1. The van der Waals surface area contributed by atoms with Gasteiger partial charge in [0.05, 0.1) is 6.04 Å². The average Bonchev–Trinajstić information content (AvgIpc) is 3.26. The fourth-order valence-corrected chi connectivity index (χ4v) is 3.04. The number of hydrogen-bond acceptors (Lipinski definition) is 5.